The maximum atomic E-state index is 15.6. The van der Waals surface area contributed by atoms with Crippen LogP contribution in [0.2, 0.25) is 0 Å². The van der Waals surface area contributed by atoms with E-state index in [1.165, 1.54) is 24.0 Å². The first-order valence-electron chi connectivity index (χ1n) is 14.5. The Hall–Kier alpha value is -2.99. The molecule has 0 bridgehead atoms. The Morgan fingerprint density at radius 3 is 2.77 bits per heavy atom. The number of benzene rings is 2. The molecular formula is C33H43FN2O3. The number of methoxy groups -OCH3 is 1. The number of piperidine rings is 1. The SMILES string of the molecule is COc1ccc2nccc([C@@H](F)CCC3CCN(CCCCCc4ccccc4C)CC3CCC(=O)O)c2c1. The van der Waals surface area contributed by atoms with Crippen LogP contribution >= 0.6 is 0 Å². The zero-order valence-electron chi connectivity index (χ0n) is 23.4. The molecule has 0 aliphatic carbocycles. The summed E-state index contributed by atoms with van der Waals surface area (Å²) in [6, 6.07) is 16.0. The Morgan fingerprint density at radius 2 is 1.97 bits per heavy atom. The average Bonchev–Trinajstić information content (AvgIpc) is 2.95. The number of carboxylic acids is 1. The number of carbonyl (C=O) groups is 1. The van der Waals surface area contributed by atoms with Crippen LogP contribution in [0.1, 0.15) is 74.2 Å². The van der Waals surface area contributed by atoms with Crippen molar-refractivity contribution < 1.29 is 19.0 Å². The fraction of sp³-hybridized carbons (Fsp3) is 0.515. The minimum Gasteiger partial charge on any atom is -0.497 e. The Balaban J connectivity index is 1.29. The van der Waals surface area contributed by atoms with E-state index in [1.54, 1.807) is 19.4 Å². The molecule has 210 valence electrons. The molecule has 0 amide bonds. The highest BCUT2D eigenvalue weighted by molar-refractivity contribution is 5.83. The summed E-state index contributed by atoms with van der Waals surface area (Å²) in [5.41, 5.74) is 4.23. The molecule has 1 saturated heterocycles. The number of aryl methyl sites for hydroxylation is 2. The van der Waals surface area contributed by atoms with Gasteiger partial charge in [0.2, 0.25) is 0 Å². The summed E-state index contributed by atoms with van der Waals surface area (Å²) in [5, 5.41) is 10.1. The first kappa shape index (κ1) is 29.0. The molecule has 2 aromatic carbocycles. The monoisotopic (exact) mass is 534 g/mol. The standard InChI is InChI=1S/C33H43FN2O3/c1-24-8-5-6-10-25(24)9-4-3-7-20-36-21-18-26(27(23-36)12-16-33(37)38)11-14-31(34)29-17-19-35-32-15-13-28(39-2)22-30(29)32/h5-6,8,10,13,15,17,19,22,26-27,31H,3-4,7,9,11-12,14,16,18,20-21,23H2,1-2H3,(H,37,38)/t26?,27?,31-/m0/s1. The van der Waals surface area contributed by atoms with Crippen molar-refractivity contribution in [2.75, 3.05) is 26.7 Å². The number of ether oxygens (including phenoxy) is 1. The van der Waals surface area contributed by atoms with Gasteiger partial charge in [0.25, 0.3) is 0 Å². The average molecular weight is 535 g/mol. The minimum atomic E-state index is -1.09. The number of nitrogens with zero attached hydrogens (tertiary/aromatic N) is 2. The van der Waals surface area contributed by atoms with Gasteiger partial charge in [0.1, 0.15) is 11.9 Å². The van der Waals surface area contributed by atoms with Gasteiger partial charge in [0.05, 0.1) is 12.6 Å². The van der Waals surface area contributed by atoms with Crippen molar-refractivity contribution >= 4 is 16.9 Å². The largest absolute Gasteiger partial charge is 0.497 e. The van der Waals surface area contributed by atoms with E-state index in [1.807, 2.05) is 18.2 Å². The second-order valence-corrected chi connectivity index (χ2v) is 11.1. The number of pyridine rings is 1. The molecule has 1 fully saturated rings. The number of halogens is 1. The minimum absolute atomic E-state index is 0.180. The van der Waals surface area contributed by atoms with E-state index in [0.29, 0.717) is 36.0 Å². The molecule has 39 heavy (non-hydrogen) atoms. The smallest absolute Gasteiger partial charge is 0.303 e. The van der Waals surface area contributed by atoms with Gasteiger partial charge in [0.15, 0.2) is 0 Å². The molecule has 0 saturated carbocycles. The van der Waals surface area contributed by atoms with E-state index in [4.69, 9.17) is 4.74 Å². The lowest BCUT2D eigenvalue weighted by molar-refractivity contribution is -0.137. The van der Waals surface area contributed by atoms with Crippen molar-refractivity contribution in [3.8, 4) is 5.75 Å². The highest BCUT2D eigenvalue weighted by Crippen LogP contribution is 2.36. The van der Waals surface area contributed by atoms with E-state index in [-0.39, 0.29) is 6.42 Å². The molecule has 5 nitrogen and oxygen atoms in total. The third-order valence-corrected chi connectivity index (χ3v) is 8.50. The Labute approximate surface area is 232 Å². The third kappa shape index (κ3) is 8.25. The van der Waals surface area contributed by atoms with E-state index >= 15 is 4.39 Å². The van der Waals surface area contributed by atoms with Crippen LogP contribution in [0.15, 0.2) is 54.7 Å². The molecule has 1 aromatic heterocycles. The molecule has 1 aliphatic rings. The Morgan fingerprint density at radius 1 is 1.13 bits per heavy atom. The first-order valence-corrected chi connectivity index (χ1v) is 14.5. The molecular weight excluding hydrogens is 491 g/mol. The number of alkyl halides is 1. The second kappa shape index (κ2) is 14.4. The normalized spacial score (nSPS) is 18.7. The summed E-state index contributed by atoms with van der Waals surface area (Å²) in [5.74, 6) is 0.591. The Bertz CT molecular complexity index is 1220. The van der Waals surface area contributed by atoms with Crippen molar-refractivity contribution in [3.63, 3.8) is 0 Å². The number of aromatic nitrogens is 1. The van der Waals surface area contributed by atoms with E-state index in [9.17, 15) is 9.90 Å². The first-order chi connectivity index (χ1) is 18.9. The fourth-order valence-electron chi connectivity index (χ4n) is 6.16. The van der Waals surface area contributed by atoms with Gasteiger partial charge in [-0.2, -0.15) is 0 Å². The molecule has 4 rings (SSSR count). The molecule has 2 heterocycles. The highest BCUT2D eigenvalue weighted by atomic mass is 19.1. The predicted octanol–water partition coefficient (Wildman–Crippen LogP) is 7.56. The van der Waals surface area contributed by atoms with Crippen LogP contribution in [0.4, 0.5) is 4.39 Å². The molecule has 1 N–H and O–H groups in total. The van der Waals surface area contributed by atoms with Crippen molar-refractivity contribution in [1.82, 2.24) is 9.88 Å². The summed E-state index contributed by atoms with van der Waals surface area (Å²) in [6.45, 7) is 5.17. The van der Waals surface area contributed by atoms with Crippen LogP contribution < -0.4 is 4.74 Å². The van der Waals surface area contributed by atoms with Crippen molar-refractivity contribution in [2.45, 2.75) is 70.9 Å². The van der Waals surface area contributed by atoms with Gasteiger partial charge in [-0.15, -0.1) is 0 Å². The lowest BCUT2D eigenvalue weighted by Gasteiger charge is -2.39. The number of fused-ring (bicyclic) bond motifs is 1. The van der Waals surface area contributed by atoms with Crippen LogP contribution in [0.5, 0.6) is 5.75 Å². The molecule has 2 unspecified atom stereocenters. The van der Waals surface area contributed by atoms with Crippen molar-refractivity contribution in [3.05, 3.63) is 71.4 Å². The van der Waals surface area contributed by atoms with Crippen LogP contribution in [-0.2, 0) is 11.2 Å². The van der Waals surface area contributed by atoms with Gasteiger partial charge in [-0.05, 0) is 118 Å². The molecule has 6 heteroatoms. The summed E-state index contributed by atoms with van der Waals surface area (Å²) in [4.78, 5) is 18.2. The zero-order chi connectivity index (χ0) is 27.6. The van der Waals surface area contributed by atoms with E-state index in [2.05, 4.69) is 41.1 Å². The number of carboxylic acid groups (broad SMARTS) is 1. The number of hydrogen-bond acceptors (Lipinski definition) is 4. The zero-order valence-corrected chi connectivity index (χ0v) is 23.4. The third-order valence-electron chi connectivity index (χ3n) is 8.50. The van der Waals surface area contributed by atoms with Gasteiger partial charge in [-0.1, -0.05) is 30.7 Å². The van der Waals surface area contributed by atoms with E-state index in [0.717, 1.165) is 56.2 Å². The highest BCUT2D eigenvalue weighted by Gasteiger charge is 2.30. The summed E-state index contributed by atoms with van der Waals surface area (Å²) < 4.78 is 20.9. The number of aliphatic carboxylic acids is 1. The maximum Gasteiger partial charge on any atom is 0.303 e. The van der Waals surface area contributed by atoms with E-state index < -0.39 is 12.1 Å². The van der Waals surface area contributed by atoms with Crippen molar-refractivity contribution in [1.29, 1.82) is 0 Å². The van der Waals surface area contributed by atoms with Crippen LogP contribution in [0, 0.1) is 18.8 Å². The van der Waals surface area contributed by atoms with Gasteiger partial charge in [-0.3, -0.25) is 9.78 Å². The van der Waals surface area contributed by atoms with Gasteiger partial charge < -0.3 is 14.7 Å². The summed E-state index contributed by atoms with van der Waals surface area (Å²) in [7, 11) is 1.61. The molecule has 1 aliphatic heterocycles. The summed E-state index contributed by atoms with van der Waals surface area (Å²) >= 11 is 0. The number of likely N-dealkylation sites (tertiary alicyclic amines) is 1. The van der Waals surface area contributed by atoms with Gasteiger partial charge in [-0.25, -0.2) is 4.39 Å². The molecule has 0 radical (unpaired) electrons. The van der Waals surface area contributed by atoms with Crippen LogP contribution in [0.25, 0.3) is 10.9 Å². The molecule has 0 spiro atoms. The number of hydrogen-bond donors (Lipinski definition) is 1. The summed E-state index contributed by atoms with van der Waals surface area (Å²) in [6.07, 6.45) is 8.31. The number of rotatable bonds is 14. The van der Waals surface area contributed by atoms with Crippen LogP contribution in [-0.4, -0.2) is 47.7 Å². The molecule has 3 aromatic rings. The van der Waals surface area contributed by atoms with Gasteiger partial charge >= 0.3 is 5.97 Å². The lowest BCUT2D eigenvalue weighted by atomic mass is 9.79. The van der Waals surface area contributed by atoms with Gasteiger partial charge in [0, 0.05) is 24.5 Å². The quantitative estimate of drug-likeness (QED) is 0.216. The van der Waals surface area contributed by atoms with Crippen LogP contribution in [0.3, 0.4) is 0 Å². The van der Waals surface area contributed by atoms with Crippen molar-refractivity contribution in [2.24, 2.45) is 11.8 Å². The predicted molar refractivity (Wildman–Crippen MR) is 155 cm³/mol. The Kier molecular flexibility index (Phi) is 10.7. The topological polar surface area (TPSA) is 62.7 Å². The molecule has 3 atom stereocenters. The lowest BCUT2D eigenvalue weighted by Crippen LogP contribution is -2.41. The fourth-order valence-corrected chi connectivity index (χ4v) is 6.16. The number of unbranched alkanes of at least 4 members (excludes halogenated alkanes) is 2. The second-order valence-electron chi connectivity index (χ2n) is 11.1. The maximum absolute atomic E-state index is 15.6.